The van der Waals surface area contributed by atoms with Gasteiger partial charge in [0.1, 0.15) is 0 Å². The van der Waals surface area contributed by atoms with Crippen LogP contribution in [0, 0.1) is 0 Å². The molecule has 7 aromatic rings. The van der Waals surface area contributed by atoms with Gasteiger partial charge in [-0.25, -0.2) is 0 Å². The van der Waals surface area contributed by atoms with Crippen LogP contribution >= 0.6 is 0 Å². The monoisotopic (exact) mass is 678 g/mol. The lowest BCUT2D eigenvalue weighted by Crippen LogP contribution is -2.29. The number of hydrogen-bond acceptors (Lipinski definition) is 2. The Balaban J connectivity index is 0.000000436. The number of allylic oxidation sites excluding steroid dienone is 1. The molecule has 2 heteroatoms. The first-order valence-electron chi connectivity index (χ1n) is 20.2. The van der Waals surface area contributed by atoms with Crippen LogP contribution in [0.5, 0.6) is 0 Å². The molecule has 0 aromatic heterocycles. The molecule has 1 atom stereocenters. The molecule has 0 radical (unpaired) electrons. The van der Waals surface area contributed by atoms with Crippen molar-refractivity contribution in [3.05, 3.63) is 113 Å². The molecule has 2 aliphatic heterocycles. The van der Waals surface area contributed by atoms with Crippen LogP contribution in [0.15, 0.2) is 97.1 Å². The van der Waals surface area contributed by atoms with Crippen molar-refractivity contribution in [2.45, 2.75) is 70.1 Å². The van der Waals surface area contributed by atoms with Crippen LogP contribution in [0.2, 0.25) is 0 Å². The van der Waals surface area contributed by atoms with Gasteiger partial charge in [0.05, 0.1) is 0 Å². The topological polar surface area (TPSA) is 6.48 Å². The van der Waals surface area contributed by atoms with Crippen LogP contribution in [0.25, 0.3) is 77.5 Å². The predicted molar refractivity (Wildman–Crippen MR) is 226 cm³/mol. The van der Waals surface area contributed by atoms with Crippen LogP contribution in [-0.4, -0.2) is 38.1 Å². The van der Waals surface area contributed by atoms with Crippen LogP contribution in [0.3, 0.4) is 0 Å². The molecule has 2 heterocycles. The van der Waals surface area contributed by atoms with Crippen LogP contribution in [0.1, 0.15) is 81.3 Å². The van der Waals surface area contributed by atoms with Gasteiger partial charge in [-0.1, -0.05) is 110 Å². The summed E-state index contributed by atoms with van der Waals surface area (Å²) in [4.78, 5) is 5.04. The van der Waals surface area contributed by atoms with E-state index in [1.165, 1.54) is 146 Å². The Kier molecular flexibility index (Phi) is 8.25. The maximum Gasteiger partial charge on any atom is 0.0446 e. The Morgan fingerprint density at radius 3 is 1.85 bits per heavy atom. The van der Waals surface area contributed by atoms with Gasteiger partial charge in [-0.3, -0.25) is 0 Å². The minimum absolute atomic E-state index is 0.607. The minimum atomic E-state index is 0.607. The van der Waals surface area contributed by atoms with Crippen molar-refractivity contribution in [2.75, 3.05) is 38.1 Å². The SMILES string of the molecule is C1=Cc2c3c(c4c(-c5ccccc5)c5c6cccc7c(N8CCCCC8)ccc(c5c(-c5ccccc5)c24)c76)=CCCCC3C1.CN1CCCCC1. The van der Waals surface area contributed by atoms with E-state index in [9.17, 15) is 0 Å². The molecule has 2 aliphatic carbocycles. The molecule has 260 valence electrons. The number of piperidine rings is 2. The summed E-state index contributed by atoms with van der Waals surface area (Å²) in [6, 6.07) is 34.6. The van der Waals surface area contributed by atoms with Crippen LogP contribution in [-0.2, 0) is 0 Å². The molecule has 0 amide bonds. The average Bonchev–Trinajstić information content (AvgIpc) is 3.61. The Morgan fingerprint density at radius 1 is 0.538 bits per heavy atom. The summed E-state index contributed by atoms with van der Waals surface area (Å²) in [6.07, 6.45) is 20.6. The average molecular weight is 679 g/mol. The lowest BCUT2D eigenvalue weighted by atomic mass is 9.84. The number of benzene rings is 5. The number of nitrogens with zero attached hydrogens (tertiary/aromatic N) is 2. The fourth-order valence-electron chi connectivity index (χ4n) is 10.5. The van der Waals surface area contributed by atoms with Crippen molar-refractivity contribution < 1.29 is 0 Å². The van der Waals surface area contributed by atoms with Crippen LogP contribution in [0.4, 0.5) is 5.69 Å². The number of likely N-dealkylation sites (tertiary alicyclic amines) is 1. The van der Waals surface area contributed by atoms with E-state index in [-0.39, 0.29) is 0 Å². The molecule has 11 rings (SSSR count). The van der Waals surface area contributed by atoms with Gasteiger partial charge in [-0.15, -0.1) is 0 Å². The molecule has 0 saturated carbocycles. The highest BCUT2D eigenvalue weighted by Gasteiger charge is 2.31. The zero-order valence-electron chi connectivity index (χ0n) is 30.8. The molecule has 2 fully saturated rings. The molecule has 2 saturated heterocycles. The standard InChI is InChI=1S/C44H37N.C6H13N/c1-4-14-29(15-5-1)38-41-32-20-9-8-18-28-19-12-22-33(37(28)32)42(41)39(30-16-6-2-7-17-30)44-35-24-25-36(45-26-10-3-11-27-45)31-21-13-23-34(40(31)35)43(38)44;1-7-5-3-2-4-6-7/h1-2,4-7,12-17,20-25,28H,3,8-11,18-19,26-27H2;2-6H2,1H3. The van der Waals surface area contributed by atoms with Crippen molar-refractivity contribution in [3.63, 3.8) is 0 Å². The first-order chi connectivity index (χ1) is 25.8. The third kappa shape index (κ3) is 5.17. The van der Waals surface area contributed by atoms with Gasteiger partial charge in [-0.2, -0.15) is 0 Å². The predicted octanol–water partition coefficient (Wildman–Crippen LogP) is 12.3. The van der Waals surface area contributed by atoms with Gasteiger partial charge in [0, 0.05) is 24.2 Å². The number of anilines is 1. The highest BCUT2D eigenvalue weighted by Crippen LogP contribution is 2.54. The summed E-state index contributed by atoms with van der Waals surface area (Å²) >= 11 is 0. The lowest BCUT2D eigenvalue weighted by Gasteiger charge is -2.30. The molecule has 7 aromatic carbocycles. The Bertz CT molecular complexity index is 2480. The zero-order chi connectivity index (χ0) is 34.6. The van der Waals surface area contributed by atoms with E-state index in [0.29, 0.717) is 5.92 Å². The fraction of sp³-hybridized carbons (Fsp3) is 0.320. The number of hydrogen-bond donors (Lipinski definition) is 0. The van der Waals surface area contributed by atoms with E-state index < -0.39 is 0 Å². The van der Waals surface area contributed by atoms with Gasteiger partial charge in [0.15, 0.2) is 0 Å². The Hall–Kier alpha value is -4.66. The summed E-state index contributed by atoms with van der Waals surface area (Å²) in [5, 5.41) is 13.0. The maximum atomic E-state index is 2.64. The minimum Gasteiger partial charge on any atom is -0.371 e. The molecule has 0 spiro atoms. The normalized spacial score (nSPS) is 19.1. The summed E-state index contributed by atoms with van der Waals surface area (Å²) in [5.74, 6) is 0.607. The fourth-order valence-corrected chi connectivity index (χ4v) is 10.5. The van der Waals surface area contributed by atoms with Gasteiger partial charge < -0.3 is 9.80 Å². The maximum absolute atomic E-state index is 2.64. The molecule has 2 nitrogen and oxygen atoms in total. The molecule has 4 aliphatic rings. The van der Waals surface area contributed by atoms with Crippen molar-refractivity contribution >= 4 is 60.9 Å². The van der Waals surface area contributed by atoms with Crippen molar-refractivity contribution in [1.82, 2.24) is 4.90 Å². The third-order valence-corrected chi connectivity index (χ3v) is 12.8. The van der Waals surface area contributed by atoms with Crippen molar-refractivity contribution in [1.29, 1.82) is 0 Å². The molecule has 0 bridgehead atoms. The van der Waals surface area contributed by atoms with Gasteiger partial charge in [0.25, 0.3) is 0 Å². The van der Waals surface area contributed by atoms with Crippen molar-refractivity contribution in [3.8, 4) is 22.3 Å². The first-order valence-corrected chi connectivity index (χ1v) is 20.2. The Morgan fingerprint density at radius 2 is 1.17 bits per heavy atom. The van der Waals surface area contributed by atoms with E-state index in [4.69, 9.17) is 0 Å². The highest BCUT2D eigenvalue weighted by atomic mass is 15.1. The van der Waals surface area contributed by atoms with E-state index in [2.05, 4.69) is 126 Å². The van der Waals surface area contributed by atoms with Crippen molar-refractivity contribution in [2.24, 2.45) is 0 Å². The number of rotatable bonds is 3. The van der Waals surface area contributed by atoms with E-state index in [1.54, 1.807) is 5.56 Å². The summed E-state index contributed by atoms with van der Waals surface area (Å²) in [6.45, 7) is 4.95. The smallest absolute Gasteiger partial charge is 0.0446 e. The second-order valence-corrected chi connectivity index (χ2v) is 16.0. The second-order valence-electron chi connectivity index (χ2n) is 16.0. The Labute approximate surface area is 308 Å². The van der Waals surface area contributed by atoms with E-state index in [0.717, 1.165) is 25.9 Å². The summed E-state index contributed by atoms with van der Waals surface area (Å²) < 4.78 is 0. The van der Waals surface area contributed by atoms with E-state index >= 15 is 0 Å². The summed E-state index contributed by atoms with van der Waals surface area (Å²) in [5.41, 5.74) is 10.0. The van der Waals surface area contributed by atoms with Gasteiger partial charge in [-0.05, 0) is 166 Å². The number of fused-ring (bicyclic) bond motifs is 6. The quantitative estimate of drug-likeness (QED) is 0.184. The molecule has 1 unspecified atom stereocenters. The molecule has 52 heavy (non-hydrogen) atoms. The van der Waals surface area contributed by atoms with Gasteiger partial charge >= 0.3 is 0 Å². The summed E-state index contributed by atoms with van der Waals surface area (Å²) in [7, 11) is 2.19. The van der Waals surface area contributed by atoms with Crippen LogP contribution < -0.4 is 10.1 Å². The molecule has 0 N–H and O–H groups in total. The van der Waals surface area contributed by atoms with E-state index in [1.807, 2.05) is 0 Å². The molecular weight excluding hydrogens is 629 g/mol. The van der Waals surface area contributed by atoms with Gasteiger partial charge in [0.2, 0.25) is 0 Å². The largest absolute Gasteiger partial charge is 0.371 e. The zero-order valence-corrected chi connectivity index (χ0v) is 30.8. The molecular formula is C50H50N2. The second kappa shape index (κ2) is 13.4. The highest BCUT2D eigenvalue weighted by molar-refractivity contribution is 6.41. The lowest BCUT2D eigenvalue weighted by molar-refractivity contribution is 0.277. The first kappa shape index (κ1) is 32.0. The third-order valence-electron chi connectivity index (χ3n) is 12.8.